The fraction of sp³-hybridized carbons (Fsp3) is 0.333. The van der Waals surface area contributed by atoms with Crippen LogP contribution < -0.4 is 16.6 Å². The molecule has 0 amide bonds. The minimum absolute atomic E-state index is 0.0133. The highest BCUT2D eigenvalue weighted by Crippen LogP contribution is 2.23. The summed E-state index contributed by atoms with van der Waals surface area (Å²) >= 11 is 0. The maximum Gasteiger partial charge on any atom is 0.349 e. The van der Waals surface area contributed by atoms with E-state index in [1.54, 1.807) is 4.57 Å². The lowest BCUT2D eigenvalue weighted by Gasteiger charge is -2.19. The minimum atomic E-state index is -1.29. The Balaban J connectivity index is 2.07. The molecule has 0 radical (unpaired) electrons. The molecule has 11 nitrogen and oxygen atoms in total. The number of carboxylic acid groups (broad SMARTS) is 2. The van der Waals surface area contributed by atoms with E-state index >= 15 is 0 Å². The molecule has 2 aliphatic rings. The second kappa shape index (κ2) is 7.80. The number of aliphatic carboxylic acids is 2. The summed E-state index contributed by atoms with van der Waals surface area (Å²) in [7, 11) is 0. The van der Waals surface area contributed by atoms with E-state index in [1.165, 1.54) is 0 Å². The van der Waals surface area contributed by atoms with Gasteiger partial charge in [0.1, 0.15) is 6.04 Å². The molecule has 0 aliphatic carbocycles. The van der Waals surface area contributed by atoms with Crippen molar-refractivity contribution in [2.75, 3.05) is 6.54 Å². The fourth-order valence-electron chi connectivity index (χ4n) is 3.05. The summed E-state index contributed by atoms with van der Waals surface area (Å²) in [5, 5.41) is 20.7. The summed E-state index contributed by atoms with van der Waals surface area (Å²) in [5.74, 6) is -2.46. The fourth-order valence-corrected chi connectivity index (χ4v) is 3.05. The van der Waals surface area contributed by atoms with Gasteiger partial charge in [0.25, 0.3) is 5.56 Å². The van der Waals surface area contributed by atoms with Crippen molar-refractivity contribution in [2.24, 2.45) is 0 Å². The predicted octanol–water partition coefficient (Wildman–Crippen LogP) is -0.281. The van der Waals surface area contributed by atoms with Crippen LogP contribution in [0.2, 0.25) is 0 Å². The highest BCUT2D eigenvalue weighted by Gasteiger charge is 2.22. The summed E-state index contributed by atoms with van der Waals surface area (Å²) in [6, 6.07) is 2.38. The van der Waals surface area contributed by atoms with E-state index < -0.39 is 35.7 Å². The highest BCUT2D eigenvalue weighted by molar-refractivity contribution is 5.81. The Hall–Kier alpha value is -3.60. The normalized spacial score (nSPS) is 12.3. The van der Waals surface area contributed by atoms with Crippen LogP contribution in [0.1, 0.15) is 17.5 Å². The smallest absolute Gasteiger partial charge is 0.349 e. The van der Waals surface area contributed by atoms with Crippen LogP contribution in [-0.2, 0) is 16.1 Å². The third kappa shape index (κ3) is 4.14. The van der Waals surface area contributed by atoms with Gasteiger partial charge in [0.2, 0.25) is 0 Å². The van der Waals surface area contributed by atoms with E-state index in [-0.39, 0.29) is 24.6 Å². The Morgan fingerprint density at radius 2 is 1.86 bits per heavy atom. The lowest BCUT2D eigenvalue weighted by molar-refractivity contribution is -0.145. The van der Waals surface area contributed by atoms with Crippen LogP contribution in [0, 0.1) is 13.8 Å². The molecule has 0 unspecified atom stereocenters. The number of hydrogen-bond donors (Lipinski definition) is 4. The second-order valence-electron chi connectivity index (χ2n) is 6.67. The van der Waals surface area contributed by atoms with Gasteiger partial charge in [0.05, 0.1) is 17.5 Å². The molecular formula is C18H19N5O6. The van der Waals surface area contributed by atoms with Crippen molar-refractivity contribution in [1.29, 1.82) is 0 Å². The summed E-state index contributed by atoms with van der Waals surface area (Å²) in [4.78, 5) is 56.3. The lowest BCUT2D eigenvalue weighted by atomic mass is 10.1. The Morgan fingerprint density at radius 1 is 1.17 bits per heavy atom. The van der Waals surface area contributed by atoms with Crippen LogP contribution in [0.15, 0.2) is 21.7 Å². The molecular weight excluding hydrogens is 382 g/mol. The number of carbonyl (C=O) groups is 2. The molecule has 0 fully saturated rings. The minimum Gasteiger partial charge on any atom is -0.481 e. The van der Waals surface area contributed by atoms with Crippen molar-refractivity contribution >= 4 is 23.0 Å². The molecule has 1 atom stereocenters. The van der Waals surface area contributed by atoms with E-state index in [0.717, 1.165) is 11.1 Å². The SMILES string of the molecule is Cc1cc2nc3c(=O)[nH]c(=O)nc-3n(CCN[C@@H](CC(=O)O)C(=O)O)c2cc1C. The largest absolute Gasteiger partial charge is 0.481 e. The van der Waals surface area contributed by atoms with Crippen molar-refractivity contribution in [3.63, 3.8) is 0 Å². The number of nitrogens with one attached hydrogen (secondary N) is 2. The number of hydrogen-bond acceptors (Lipinski definition) is 7. The first-order valence-corrected chi connectivity index (χ1v) is 8.77. The summed E-state index contributed by atoms with van der Waals surface area (Å²) in [5.41, 5.74) is 1.56. The van der Waals surface area contributed by atoms with Crippen LogP contribution in [0.4, 0.5) is 0 Å². The van der Waals surface area contributed by atoms with Crippen LogP contribution in [-0.4, -0.2) is 54.3 Å². The van der Waals surface area contributed by atoms with E-state index in [1.807, 2.05) is 26.0 Å². The lowest BCUT2D eigenvalue weighted by Crippen LogP contribution is -2.40. The highest BCUT2D eigenvalue weighted by atomic mass is 16.4. The Labute approximate surface area is 163 Å². The number of rotatable bonds is 7. The molecule has 0 spiro atoms. The molecule has 1 aromatic rings. The standard InChI is InChI=1S/C18H19N5O6/c1-8-5-10-12(6-9(8)2)23(4-3-19-11(17(27)28)7-13(24)25)15-14(20-10)16(26)22-18(29)21-15/h5-6,11,19H,3-4,7H2,1-2H3,(H,24,25)(H,27,28)(H,22,26,29)/t11-/m0/s1. The Morgan fingerprint density at radius 3 is 2.52 bits per heavy atom. The monoisotopic (exact) mass is 401 g/mol. The van der Waals surface area contributed by atoms with Gasteiger partial charge in [-0.05, 0) is 37.1 Å². The first-order chi connectivity index (χ1) is 13.7. The zero-order valence-electron chi connectivity index (χ0n) is 15.7. The molecule has 1 aromatic carbocycles. The van der Waals surface area contributed by atoms with E-state index in [2.05, 4.69) is 20.3 Å². The maximum absolute atomic E-state index is 12.2. The number of H-pyrrole nitrogens is 1. The van der Waals surface area contributed by atoms with Crippen molar-refractivity contribution in [2.45, 2.75) is 32.9 Å². The molecule has 2 aliphatic heterocycles. The molecule has 11 heteroatoms. The number of aryl methyl sites for hydroxylation is 2. The molecule has 152 valence electrons. The summed E-state index contributed by atoms with van der Waals surface area (Å²) in [6.45, 7) is 4.01. The van der Waals surface area contributed by atoms with E-state index in [4.69, 9.17) is 10.2 Å². The van der Waals surface area contributed by atoms with Gasteiger partial charge in [-0.1, -0.05) is 0 Å². The number of aromatic amines is 1. The Bertz CT molecular complexity index is 1200. The van der Waals surface area contributed by atoms with Gasteiger partial charge in [-0.2, -0.15) is 4.98 Å². The number of fused-ring (bicyclic) bond motifs is 2. The van der Waals surface area contributed by atoms with Crippen molar-refractivity contribution in [3.05, 3.63) is 44.1 Å². The van der Waals surface area contributed by atoms with Crippen molar-refractivity contribution < 1.29 is 19.8 Å². The molecule has 4 N–H and O–H groups in total. The van der Waals surface area contributed by atoms with Crippen LogP contribution in [0.5, 0.6) is 0 Å². The zero-order chi connectivity index (χ0) is 21.3. The van der Waals surface area contributed by atoms with E-state index in [9.17, 15) is 19.2 Å². The quantitative estimate of drug-likeness (QED) is 0.389. The number of benzene rings is 1. The van der Waals surface area contributed by atoms with Crippen molar-refractivity contribution in [1.82, 2.24) is 24.8 Å². The Kier molecular flexibility index (Phi) is 5.41. The number of aromatic nitrogens is 4. The molecule has 0 saturated heterocycles. The van der Waals surface area contributed by atoms with Gasteiger partial charge in [0, 0.05) is 13.1 Å². The molecule has 0 aromatic heterocycles. The third-order valence-corrected chi connectivity index (χ3v) is 4.63. The van der Waals surface area contributed by atoms with Gasteiger partial charge in [0.15, 0.2) is 11.5 Å². The van der Waals surface area contributed by atoms with Gasteiger partial charge in [-0.25, -0.2) is 9.78 Å². The molecule has 0 bridgehead atoms. The summed E-state index contributed by atoms with van der Waals surface area (Å²) < 4.78 is 1.60. The topological polar surface area (TPSA) is 167 Å². The zero-order valence-corrected chi connectivity index (χ0v) is 15.7. The average Bonchev–Trinajstić information content (AvgIpc) is 2.62. The van der Waals surface area contributed by atoms with Crippen LogP contribution in [0.3, 0.4) is 0 Å². The second-order valence-corrected chi connectivity index (χ2v) is 6.67. The van der Waals surface area contributed by atoms with Gasteiger partial charge >= 0.3 is 17.6 Å². The predicted molar refractivity (Wildman–Crippen MR) is 102 cm³/mol. The maximum atomic E-state index is 12.2. The molecule has 0 saturated carbocycles. The molecule has 2 heterocycles. The van der Waals surface area contributed by atoms with Gasteiger partial charge in [-0.15, -0.1) is 0 Å². The van der Waals surface area contributed by atoms with Gasteiger partial charge < -0.3 is 20.1 Å². The first-order valence-electron chi connectivity index (χ1n) is 8.77. The van der Waals surface area contributed by atoms with Crippen LogP contribution in [0.25, 0.3) is 22.6 Å². The van der Waals surface area contributed by atoms with Gasteiger partial charge in [-0.3, -0.25) is 19.4 Å². The van der Waals surface area contributed by atoms with Crippen molar-refractivity contribution in [3.8, 4) is 11.5 Å². The molecule has 29 heavy (non-hydrogen) atoms. The summed E-state index contributed by atoms with van der Waals surface area (Å²) in [6.07, 6.45) is -0.585. The van der Waals surface area contributed by atoms with E-state index in [0.29, 0.717) is 11.0 Å². The number of nitrogens with zero attached hydrogens (tertiary/aromatic N) is 3. The number of carboxylic acids is 2. The molecule has 3 rings (SSSR count). The first kappa shape index (κ1) is 20.1. The average molecular weight is 401 g/mol. The van der Waals surface area contributed by atoms with Crippen LogP contribution >= 0.6 is 0 Å². The third-order valence-electron chi connectivity index (χ3n) is 4.63.